The van der Waals surface area contributed by atoms with E-state index in [1.54, 1.807) is 0 Å². The first-order chi connectivity index (χ1) is 19.2. The first-order valence-corrected chi connectivity index (χ1v) is 13.2. The maximum Gasteiger partial charge on any atom is 0.327 e. The van der Waals surface area contributed by atoms with E-state index >= 15 is 0 Å². The van der Waals surface area contributed by atoms with Crippen LogP contribution in [0.3, 0.4) is 0 Å². The number of carbonyl (C=O) groups excluding carboxylic acids is 6. The largest absolute Gasteiger partial charge is 0.481 e. The van der Waals surface area contributed by atoms with E-state index in [1.807, 2.05) is 0 Å². The summed E-state index contributed by atoms with van der Waals surface area (Å²) >= 11 is 0.742. The summed E-state index contributed by atoms with van der Waals surface area (Å²) in [5.74, 6) is -9.68. The average molecular weight is 604 g/mol. The predicted molar refractivity (Wildman–Crippen MR) is 142 cm³/mol. The minimum absolute atomic E-state index is 0.0519. The Hall–Kier alpha value is -4.62. The molecule has 0 unspecified atom stereocenters. The van der Waals surface area contributed by atoms with Gasteiger partial charge in [-0.3, -0.25) is 38.6 Å². The lowest BCUT2D eigenvalue weighted by Crippen LogP contribution is -2.57. The predicted octanol–water partition coefficient (Wildman–Crippen LogP) is -5.72. The fourth-order valence-electron chi connectivity index (χ4n) is 3.33. The zero-order valence-corrected chi connectivity index (χ0v) is 22.5. The third-order valence-electron chi connectivity index (χ3n) is 5.22. The van der Waals surface area contributed by atoms with Crippen molar-refractivity contribution in [2.45, 2.75) is 49.9 Å². The van der Waals surface area contributed by atoms with Crippen molar-refractivity contribution in [3.63, 3.8) is 0 Å². The number of thioether (sulfide) groups is 1. The van der Waals surface area contributed by atoms with Crippen LogP contribution in [0.25, 0.3) is 0 Å². The van der Waals surface area contributed by atoms with E-state index in [9.17, 15) is 43.5 Å². The Balaban J connectivity index is 3.27. The topological polar surface area (TPSA) is 328 Å². The lowest BCUT2D eigenvalue weighted by molar-refractivity contribution is -0.143. The number of guanidine groups is 1. The van der Waals surface area contributed by atoms with Crippen molar-refractivity contribution in [3.05, 3.63) is 0 Å². The molecule has 1 aliphatic heterocycles. The zero-order chi connectivity index (χ0) is 31.1. The van der Waals surface area contributed by atoms with E-state index < -0.39 is 96.7 Å². The van der Waals surface area contributed by atoms with Gasteiger partial charge in [-0.25, -0.2) is 4.79 Å². The summed E-state index contributed by atoms with van der Waals surface area (Å²) in [6, 6.07) is -6.09. The second-order valence-corrected chi connectivity index (χ2v) is 9.68. The summed E-state index contributed by atoms with van der Waals surface area (Å²) in [6.07, 6.45) is -1.41. The molecule has 1 saturated heterocycles. The first-order valence-electron chi connectivity index (χ1n) is 12.0. The molecule has 4 atom stereocenters. The number of nitrogens with zero attached hydrogens (tertiary/aromatic N) is 1. The molecule has 1 fully saturated rings. The number of nitrogens with two attached hydrogens (primary N) is 3. The molecule has 0 aromatic carbocycles. The summed E-state index contributed by atoms with van der Waals surface area (Å²) in [7, 11) is 0. The zero-order valence-electron chi connectivity index (χ0n) is 21.7. The van der Waals surface area contributed by atoms with Crippen molar-refractivity contribution in [3.8, 4) is 0 Å². The van der Waals surface area contributed by atoms with Gasteiger partial charge in [0.25, 0.3) is 0 Å². The second-order valence-electron chi connectivity index (χ2n) is 8.65. The molecule has 1 rings (SSSR count). The molecule has 228 valence electrons. The van der Waals surface area contributed by atoms with Gasteiger partial charge in [-0.1, -0.05) is 0 Å². The number of amides is 6. The molecule has 1 aliphatic rings. The summed E-state index contributed by atoms with van der Waals surface area (Å²) in [5.41, 5.74) is 15.7. The highest BCUT2D eigenvalue weighted by Gasteiger charge is 2.31. The average Bonchev–Trinajstić information content (AvgIpc) is 2.86. The second kappa shape index (κ2) is 17.2. The molecular formula is C21H33N9O10S. The number of nitrogens with one attached hydrogen (secondary N) is 5. The summed E-state index contributed by atoms with van der Waals surface area (Å²) in [6.45, 7) is -0.688. The number of carboxylic acid groups (broad SMARTS) is 2. The highest BCUT2D eigenvalue weighted by Crippen LogP contribution is 2.07. The van der Waals surface area contributed by atoms with Gasteiger partial charge in [0.2, 0.25) is 35.4 Å². The van der Waals surface area contributed by atoms with Crippen LogP contribution in [0, 0.1) is 0 Å². The molecule has 0 radical (unpaired) electrons. The molecule has 0 saturated carbocycles. The molecular weight excluding hydrogens is 570 g/mol. The van der Waals surface area contributed by atoms with Gasteiger partial charge in [0, 0.05) is 12.3 Å². The quantitative estimate of drug-likeness (QED) is 0.0668. The molecule has 41 heavy (non-hydrogen) atoms. The number of carbonyl (C=O) groups is 8. The number of hydrogen-bond donors (Lipinski definition) is 10. The fraction of sp³-hybridized carbons (Fsp3) is 0.571. The Morgan fingerprint density at radius 2 is 1.44 bits per heavy atom. The highest BCUT2D eigenvalue weighted by molar-refractivity contribution is 8.00. The number of aliphatic imine (C=N–C) groups is 1. The van der Waals surface area contributed by atoms with Crippen molar-refractivity contribution < 1.29 is 48.6 Å². The molecule has 0 spiro atoms. The third kappa shape index (κ3) is 13.8. The van der Waals surface area contributed by atoms with Crippen LogP contribution in [0.1, 0.15) is 25.7 Å². The van der Waals surface area contributed by atoms with Crippen LogP contribution in [-0.2, 0) is 38.4 Å². The third-order valence-corrected chi connectivity index (χ3v) is 6.26. The van der Waals surface area contributed by atoms with Crippen LogP contribution in [0.5, 0.6) is 0 Å². The normalized spacial score (nSPS) is 23.3. The number of hydrogen-bond acceptors (Lipinski definition) is 10. The number of aliphatic carboxylic acids is 2. The Morgan fingerprint density at radius 3 is 2.02 bits per heavy atom. The minimum Gasteiger partial charge on any atom is -0.481 e. The molecule has 20 heteroatoms. The molecule has 19 nitrogen and oxygen atoms in total. The van der Waals surface area contributed by atoms with Crippen molar-refractivity contribution in [2.24, 2.45) is 22.2 Å². The molecule has 1 heterocycles. The number of carboxylic acids is 2. The van der Waals surface area contributed by atoms with Crippen LogP contribution >= 0.6 is 11.8 Å². The summed E-state index contributed by atoms with van der Waals surface area (Å²) in [4.78, 5) is 101. The Morgan fingerprint density at radius 1 is 0.829 bits per heavy atom. The Kier molecular flexibility index (Phi) is 14.4. The maximum absolute atomic E-state index is 12.9. The lowest BCUT2D eigenvalue weighted by atomic mass is 10.1. The fourth-order valence-corrected chi connectivity index (χ4v) is 4.18. The van der Waals surface area contributed by atoms with E-state index in [0.717, 1.165) is 11.8 Å². The number of primary amides is 1. The minimum atomic E-state index is -1.70. The Bertz CT molecular complexity index is 1070. The molecule has 0 aromatic heterocycles. The van der Waals surface area contributed by atoms with Gasteiger partial charge >= 0.3 is 11.9 Å². The van der Waals surface area contributed by atoms with Crippen LogP contribution < -0.4 is 43.8 Å². The van der Waals surface area contributed by atoms with E-state index in [1.165, 1.54) is 0 Å². The highest BCUT2D eigenvalue weighted by atomic mass is 32.2. The van der Waals surface area contributed by atoms with Crippen LogP contribution in [0.4, 0.5) is 0 Å². The van der Waals surface area contributed by atoms with Crippen LogP contribution in [0.2, 0.25) is 0 Å². The standard InChI is InChI=1S/C21H33N9O10S/c22-13(31)4-10-18(37)29-9(2-1-3-25-21(23)24)17(36)26-6-14(32)27-11(5-16(34)35)19(38)30-12(20(39)40)7-41-8-15(33)28-10/h9-12H,1-8H2,(H2,22,31)(H,26,36)(H,27,32)(H,28,33)(H,29,37)(H,30,38)(H,34,35)(H,39,40)(H4,23,24,25)/t9-,10+,11-,12-/m0/s1. The van der Waals surface area contributed by atoms with Crippen molar-refractivity contribution in [2.75, 3.05) is 24.6 Å². The van der Waals surface area contributed by atoms with E-state index in [4.69, 9.17) is 22.3 Å². The van der Waals surface area contributed by atoms with E-state index in [0.29, 0.717) is 0 Å². The Labute approximate surface area is 237 Å². The van der Waals surface area contributed by atoms with Gasteiger partial charge < -0.3 is 54.0 Å². The first kappa shape index (κ1) is 34.4. The van der Waals surface area contributed by atoms with Crippen molar-refractivity contribution >= 4 is 65.1 Å². The lowest BCUT2D eigenvalue weighted by Gasteiger charge is -2.24. The van der Waals surface area contributed by atoms with Gasteiger partial charge in [0.05, 0.1) is 25.1 Å². The molecule has 6 amide bonds. The van der Waals surface area contributed by atoms with Crippen molar-refractivity contribution in [1.82, 2.24) is 26.6 Å². The van der Waals surface area contributed by atoms with Gasteiger partial charge in [0.15, 0.2) is 5.96 Å². The molecule has 0 aliphatic carbocycles. The smallest absolute Gasteiger partial charge is 0.327 e. The van der Waals surface area contributed by atoms with Gasteiger partial charge in [0.1, 0.15) is 24.2 Å². The van der Waals surface area contributed by atoms with Gasteiger partial charge in [-0.15, -0.1) is 11.8 Å². The molecule has 0 bridgehead atoms. The molecule has 0 aromatic rings. The van der Waals surface area contributed by atoms with Crippen molar-refractivity contribution in [1.29, 1.82) is 0 Å². The van der Waals surface area contributed by atoms with E-state index in [-0.39, 0.29) is 31.1 Å². The maximum atomic E-state index is 12.9. The van der Waals surface area contributed by atoms with Crippen LogP contribution in [-0.4, -0.2) is 112 Å². The van der Waals surface area contributed by atoms with Crippen LogP contribution in [0.15, 0.2) is 4.99 Å². The van der Waals surface area contributed by atoms with E-state index in [2.05, 4.69) is 31.6 Å². The summed E-state index contributed by atoms with van der Waals surface area (Å²) in [5, 5.41) is 29.6. The van der Waals surface area contributed by atoms with Gasteiger partial charge in [-0.2, -0.15) is 0 Å². The SMILES string of the molecule is NC(=O)C[C@H]1NC(=O)CSC[C@@H](C(=O)O)NC(=O)[C@H](CC(=O)O)NC(=O)CNC(=O)[C@H](CCCN=C(N)N)NC1=O. The number of rotatable bonds is 9. The van der Waals surface area contributed by atoms with Gasteiger partial charge in [-0.05, 0) is 12.8 Å². The molecule has 13 N–H and O–H groups in total. The monoisotopic (exact) mass is 603 g/mol. The summed E-state index contributed by atoms with van der Waals surface area (Å²) < 4.78 is 0.